The number of nitro groups is 1. The van der Waals surface area contributed by atoms with Gasteiger partial charge < -0.3 is 9.47 Å². The van der Waals surface area contributed by atoms with E-state index in [4.69, 9.17) is 9.47 Å². The highest BCUT2D eigenvalue weighted by molar-refractivity contribution is 5.90. The number of rotatable bonds is 7. The van der Waals surface area contributed by atoms with E-state index in [-0.39, 0.29) is 11.6 Å². The lowest BCUT2D eigenvalue weighted by molar-refractivity contribution is -0.384. The highest BCUT2D eigenvalue weighted by Gasteiger charge is 2.50. The van der Waals surface area contributed by atoms with Crippen LogP contribution in [0, 0.1) is 16.0 Å². The van der Waals surface area contributed by atoms with Crippen LogP contribution in [0.15, 0.2) is 48.5 Å². The number of hydrogen-bond donors (Lipinski definition) is 0. The van der Waals surface area contributed by atoms with Gasteiger partial charge in [-0.2, -0.15) is 0 Å². The molecule has 27 heavy (non-hydrogen) atoms. The number of carbonyl (C=O) groups excluding carboxylic acids is 1. The van der Waals surface area contributed by atoms with Crippen LogP contribution in [0.4, 0.5) is 5.69 Å². The maximum Gasteiger partial charge on any atom is 0.338 e. The van der Waals surface area contributed by atoms with Crippen molar-refractivity contribution in [1.82, 2.24) is 0 Å². The van der Waals surface area contributed by atoms with Crippen LogP contribution in [0.5, 0.6) is 5.75 Å². The third-order valence-corrected chi connectivity index (χ3v) is 4.97. The molecule has 3 rings (SSSR count). The fraction of sp³-hybridized carbons (Fsp3) is 0.381. The van der Waals surface area contributed by atoms with E-state index in [9.17, 15) is 14.9 Å². The Balaban J connectivity index is 1.63. The molecule has 2 aromatic carbocycles. The molecule has 2 atom stereocenters. The Morgan fingerprint density at radius 3 is 2.33 bits per heavy atom. The van der Waals surface area contributed by atoms with Crippen molar-refractivity contribution in [3.05, 3.63) is 69.8 Å². The largest absolute Gasteiger partial charge is 0.494 e. The van der Waals surface area contributed by atoms with Crippen molar-refractivity contribution in [1.29, 1.82) is 0 Å². The molecule has 1 fully saturated rings. The van der Waals surface area contributed by atoms with E-state index in [1.54, 1.807) is 0 Å². The lowest BCUT2D eigenvalue weighted by Gasteiger charge is -2.26. The highest BCUT2D eigenvalue weighted by atomic mass is 16.6. The summed E-state index contributed by atoms with van der Waals surface area (Å²) in [4.78, 5) is 22.6. The summed E-state index contributed by atoms with van der Waals surface area (Å²) in [7, 11) is 0. The van der Waals surface area contributed by atoms with Crippen LogP contribution >= 0.6 is 0 Å². The van der Waals surface area contributed by atoms with Gasteiger partial charge in [0.15, 0.2) is 0 Å². The molecule has 0 aromatic heterocycles. The van der Waals surface area contributed by atoms with Crippen molar-refractivity contribution in [2.24, 2.45) is 5.92 Å². The molecule has 0 amide bonds. The number of nitro benzene ring substituents is 1. The predicted molar refractivity (Wildman–Crippen MR) is 101 cm³/mol. The Bertz CT molecular complexity index is 827. The molecule has 1 aliphatic carbocycles. The quantitative estimate of drug-likeness (QED) is 0.400. The predicted octanol–water partition coefficient (Wildman–Crippen LogP) is 4.73. The topological polar surface area (TPSA) is 78.7 Å². The minimum Gasteiger partial charge on any atom is -0.494 e. The van der Waals surface area contributed by atoms with Crippen LogP contribution in [0.25, 0.3) is 0 Å². The van der Waals surface area contributed by atoms with E-state index in [1.165, 1.54) is 29.8 Å². The van der Waals surface area contributed by atoms with Gasteiger partial charge in [0, 0.05) is 18.1 Å². The average Bonchev–Trinajstić information content (AvgIpc) is 3.44. The number of esters is 1. The van der Waals surface area contributed by atoms with Gasteiger partial charge in [-0.3, -0.25) is 10.1 Å². The summed E-state index contributed by atoms with van der Waals surface area (Å²) in [6.07, 6.45) is 0.953. The summed E-state index contributed by atoms with van der Waals surface area (Å²) in [5, 5.41) is 10.7. The molecule has 1 aliphatic rings. The maximum absolute atomic E-state index is 12.4. The molecular weight excluding hydrogens is 346 g/mol. The van der Waals surface area contributed by atoms with Gasteiger partial charge in [0.2, 0.25) is 0 Å². The van der Waals surface area contributed by atoms with Gasteiger partial charge in [0.05, 0.1) is 17.1 Å². The van der Waals surface area contributed by atoms with Crippen LogP contribution < -0.4 is 4.74 Å². The van der Waals surface area contributed by atoms with Crippen LogP contribution in [0.2, 0.25) is 0 Å². The van der Waals surface area contributed by atoms with E-state index in [0.717, 1.165) is 12.2 Å². The molecule has 0 aliphatic heterocycles. The molecular formula is C21H23NO5. The molecule has 0 heterocycles. The summed E-state index contributed by atoms with van der Waals surface area (Å²) >= 11 is 0. The lowest BCUT2D eigenvalue weighted by atomic mass is 9.98. The first-order valence-corrected chi connectivity index (χ1v) is 9.02. The Hall–Kier alpha value is -2.89. The second-order valence-corrected chi connectivity index (χ2v) is 7.25. The maximum atomic E-state index is 12.4. The first-order chi connectivity index (χ1) is 12.8. The zero-order valence-corrected chi connectivity index (χ0v) is 15.7. The summed E-state index contributed by atoms with van der Waals surface area (Å²) in [5.74, 6) is 0.965. The molecule has 0 unspecified atom stereocenters. The second kappa shape index (κ2) is 7.39. The third kappa shape index (κ3) is 4.27. The monoisotopic (exact) mass is 369 g/mol. The van der Waals surface area contributed by atoms with Crippen molar-refractivity contribution < 1.29 is 19.2 Å². The smallest absolute Gasteiger partial charge is 0.338 e. The molecule has 2 aromatic rings. The summed E-state index contributed by atoms with van der Waals surface area (Å²) in [5.41, 5.74) is 0.848. The lowest BCUT2D eigenvalue weighted by Crippen LogP contribution is -2.31. The number of nitrogens with zero attached hydrogens (tertiary/aromatic N) is 1. The molecule has 0 saturated heterocycles. The van der Waals surface area contributed by atoms with Gasteiger partial charge in [-0.05, 0) is 62.9 Å². The van der Waals surface area contributed by atoms with Gasteiger partial charge in [0.25, 0.3) is 5.69 Å². The number of non-ortho nitro benzene ring substituents is 1. The first-order valence-electron chi connectivity index (χ1n) is 9.02. The second-order valence-electron chi connectivity index (χ2n) is 7.25. The Morgan fingerprint density at radius 1 is 1.15 bits per heavy atom. The molecule has 0 N–H and O–H groups in total. The molecule has 6 nitrogen and oxygen atoms in total. The highest BCUT2D eigenvalue weighted by Crippen LogP contribution is 2.54. The van der Waals surface area contributed by atoms with Crippen molar-refractivity contribution >= 4 is 11.7 Å². The summed E-state index contributed by atoms with van der Waals surface area (Å²) < 4.78 is 11.2. The van der Waals surface area contributed by atoms with E-state index >= 15 is 0 Å². The number of carbonyl (C=O) groups is 1. The summed E-state index contributed by atoms with van der Waals surface area (Å²) in [6, 6.07) is 13.5. The Kier molecular flexibility index (Phi) is 5.17. The number of ether oxygens (including phenoxy) is 2. The van der Waals surface area contributed by atoms with Crippen molar-refractivity contribution in [3.8, 4) is 5.75 Å². The molecule has 0 spiro atoms. The third-order valence-electron chi connectivity index (χ3n) is 4.97. The van der Waals surface area contributed by atoms with E-state index in [0.29, 0.717) is 18.1 Å². The van der Waals surface area contributed by atoms with Gasteiger partial charge >= 0.3 is 5.97 Å². The number of hydrogen-bond acceptors (Lipinski definition) is 5. The molecule has 1 saturated carbocycles. The van der Waals surface area contributed by atoms with Crippen molar-refractivity contribution in [3.63, 3.8) is 0 Å². The molecule has 6 heteroatoms. The van der Waals surface area contributed by atoms with Crippen molar-refractivity contribution in [2.75, 3.05) is 6.61 Å². The van der Waals surface area contributed by atoms with Crippen molar-refractivity contribution in [2.45, 2.75) is 38.7 Å². The van der Waals surface area contributed by atoms with E-state index in [1.807, 2.05) is 32.9 Å². The van der Waals surface area contributed by atoms with Gasteiger partial charge in [-0.25, -0.2) is 4.79 Å². The fourth-order valence-electron chi connectivity index (χ4n) is 3.40. The SMILES string of the molecule is CCOc1ccc([C@@H]2C[C@H]2C(C)(C)OC(=O)c2ccc([N+](=O)[O-])cc2)cc1. The minimum atomic E-state index is -0.623. The zero-order valence-electron chi connectivity index (χ0n) is 15.7. The van der Waals surface area contributed by atoms with Crippen LogP contribution in [0.1, 0.15) is 49.0 Å². The average molecular weight is 369 g/mol. The van der Waals surface area contributed by atoms with Crippen LogP contribution in [0.3, 0.4) is 0 Å². The normalized spacial score (nSPS) is 18.6. The van der Waals surface area contributed by atoms with Crippen LogP contribution in [-0.4, -0.2) is 23.1 Å². The molecule has 0 radical (unpaired) electrons. The minimum absolute atomic E-state index is 0.0523. The molecule has 142 valence electrons. The Labute approximate surface area is 158 Å². The summed E-state index contributed by atoms with van der Waals surface area (Å²) in [6.45, 7) is 6.41. The van der Waals surface area contributed by atoms with E-state index < -0.39 is 16.5 Å². The Morgan fingerprint density at radius 2 is 1.78 bits per heavy atom. The fourth-order valence-corrected chi connectivity index (χ4v) is 3.40. The standard InChI is InChI=1S/C21H23NO5/c1-4-26-17-11-7-14(8-12-17)18-13-19(18)21(2,3)27-20(23)15-5-9-16(10-6-15)22(24)25/h5-12,18-19H,4,13H2,1-3H3/t18-,19+/m0/s1. The van der Waals surface area contributed by atoms with E-state index in [2.05, 4.69) is 12.1 Å². The first kappa shape index (κ1) is 18.9. The van der Waals surface area contributed by atoms with Gasteiger partial charge in [0.1, 0.15) is 11.4 Å². The zero-order chi connectivity index (χ0) is 19.6. The van der Waals surface area contributed by atoms with Gasteiger partial charge in [-0.1, -0.05) is 12.1 Å². The van der Waals surface area contributed by atoms with Crippen LogP contribution in [-0.2, 0) is 4.74 Å². The number of benzene rings is 2. The molecule has 0 bridgehead atoms. The van der Waals surface area contributed by atoms with Gasteiger partial charge in [-0.15, -0.1) is 0 Å².